The van der Waals surface area contributed by atoms with E-state index in [0.717, 1.165) is 16.7 Å². The lowest BCUT2D eigenvalue weighted by molar-refractivity contribution is 0.0696. The third kappa shape index (κ3) is 2.61. The predicted molar refractivity (Wildman–Crippen MR) is 85.0 cm³/mol. The average molecular weight is 314 g/mol. The van der Waals surface area contributed by atoms with Crippen LogP contribution in [0.2, 0.25) is 5.02 Å². The molecule has 0 saturated heterocycles. The van der Waals surface area contributed by atoms with Gasteiger partial charge in [0.2, 0.25) is 0 Å². The summed E-state index contributed by atoms with van der Waals surface area (Å²) in [7, 11) is 0. The maximum absolute atomic E-state index is 11.9. The van der Waals surface area contributed by atoms with Crippen LogP contribution in [0.4, 0.5) is 0 Å². The molecular weight excluding hydrogens is 302 g/mol. The molecule has 1 heterocycles. The first-order valence-corrected chi connectivity index (χ1v) is 7.05. The zero-order valence-electron chi connectivity index (χ0n) is 11.5. The zero-order valence-corrected chi connectivity index (χ0v) is 12.2. The highest BCUT2D eigenvalue weighted by atomic mass is 35.5. The second-order valence-corrected chi connectivity index (χ2v) is 5.34. The standard InChI is InChI=1S/C17H12ClNO3/c18-14-8-7-11(15-13(14)9-19-16(15)20)4-1-10-2-5-12(6-3-10)17(21)22/h1-8H,9H2,(H,19,20)(H,21,22). The fraction of sp³-hybridized carbons (Fsp3) is 0.0588. The van der Waals surface area contributed by atoms with Crippen molar-refractivity contribution in [2.24, 2.45) is 0 Å². The van der Waals surface area contributed by atoms with E-state index in [1.807, 2.05) is 12.2 Å². The van der Waals surface area contributed by atoms with Gasteiger partial charge in [-0.3, -0.25) is 4.79 Å². The highest BCUT2D eigenvalue weighted by molar-refractivity contribution is 6.32. The van der Waals surface area contributed by atoms with Crippen molar-refractivity contribution in [3.8, 4) is 0 Å². The molecule has 3 rings (SSSR count). The van der Waals surface area contributed by atoms with Crippen LogP contribution in [0.3, 0.4) is 0 Å². The van der Waals surface area contributed by atoms with Gasteiger partial charge in [0, 0.05) is 17.1 Å². The Kier molecular flexibility index (Phi) is 3.69. The molecule has 0 unspecified atom stereocenters. The van der Waals surface area contributed by atoms with Crippen LogP contribution in [0, 0.1) is 0 Å². The van der Waals surface area contributed by atoms with Gasteiger partial charge in [-0.2, -0.15) is 0 Å². The molecule has 2 aromatic rings. The zero-order chi connectivity index (χ0) is 15.7. The Bertz CT molecular complexity index is 794. The Hall–Kier alpha value is -2.59. The quantitative estimate of drug-likeness (QED) is 0.853. The summed E-state index contributed by atoms with van der Waals surface area (Å²) in [6, 6.07) is 10.1. The van der Waals surface area contributed by atoms with Crippen molar-refractivity contribution in [1.82, 2.24) is 5.32 Å². The molecule has 0 aliphatic carbocycles. The molecule has 0 radical (unpaired) electrons. The lowest BCUT2D eigenvalue weighted by Gasteiger charge is -2.04. The van der Waals surface area contributed by atoms with Gasteiger partial charge in [-0.05, 0) is 29.3 Å². The molecule has 5 heteroatoms. The monoisotopic (exact) mass is 313 g/mol. The number of carbonyl (C=O) groups is 2. The second kappa shape index (κ2) is 5.66. The number of halogens is 1. The Labute approximate surface area is 132 Å². The number of aromatic carboxylic acids is 1. The van der Waals surface area contributed by atoms with E-state index < -0.39 is 5.97 Å². The van der Waals surface area contributed by atoms with Gasteiger partial charge in [-0.25, -0.2) is 4.79 Å². The van der Waals surface area contributed by atoms with Gasteiger partial charge in [0.25, 0.3) is 5.91 Å². The van der Waals surface area contributed by atoms with Crippen molar-refractivity contribution in [3.63, 3.8) is 0 Å². The van der Waals surface area contributed by atoms with Gasteiger partial charge in [-0.15, -0.1) is 0 Å². The maximum atomic E-state index is 11.9. The molecule has 1 amide bonds. The van der Waals surface area contributed by atoms with E-state index in [-0.39, 0.29) is 11.5 Å². The fourth-order valence-electron chi connectivity index (χ4n) is 2.40. The topological polar surface area (TPSA) is 66.4 Å². The molecule has 0 aromatic heterocycles. The lowest BCUT2D eigenvalue weighted by Crippen LogP contribution is -2.13. The number of carboxylic acids is 1. The Morgan fingerprint density at radius 1 is 1.14 bits per heavy atom. The van der Waals surface area contributed by atoms with E-state index in [9.17, 15) is 9.59 Å². The third-order valence-electron chi connectivity index (χ3n) is 3.55. The first kappa shape index (κ1) is 14.4. The van der Waals surface area contributed by atoms with Crippen molar-refractivity contribution in [2.75, 3.05) is 0 Å². The number of benzene rings is 2. The minimum absolute atomic E-state index is 0.127. The van der Waals surface area contributed by atoms with Gasteiger partial charge < -0.3 is 10.4 Å². The molecule has 2 N–H and O–H groups in total. The summed E-state index contributed by atoms with van der Waals surface area (Å²) in [6.45, 7) is 0.446. The van der Waals surface area contributed by atoms with Crippen LogP contribution in [-0.4, -0.2) is 17.0 Å². The smallest absolute Gasteiger partial charge is 0.335 e. The molecule has 0 atom stereocenters. The molecule has 2 aromatic carbocycles. The summed E-state index contributed by atoms with van der Waals surface area (Å²) in [6.07, 6.45) is 3.66. The van der Waals surface area contributed by atoms with Crippen molar-refractivity contribution >= 4 is 35.6 Å². The first-order chi connectivity index (χ1) is 10.6. The summed E-state index contributed by atoms with van der Waals surface area (Å²) in [5.74, 6) is -1.08. The number of carbonyl (C=O) groups excluding carboxylic acids is 1. The van der Waals surface area contributed by atoms with E-state index in [1.54, 1.807) is 36.4 Å². The predicted octanol–water partition coefficient (Wildman–Crippen LogP) is 3.45. The normalized spacial score (nSPS) is 13.2. The third-order valence-corrected chi connectivity index (χ3v) is 3.91. The van der Waals surface area contributed by atoms with E-state index >= 15 is 0 Å². The van der Waals surface area contributed by atoms with E-state index in [1.165, 1.54) is 0 Å². The molecule has 110 valence electrons. The van der Waals surface area contributed by atoms with Crippen LogP contribution in [0.15, 0.2) is 36.4 Å². The van der Waals surface area contributed by atoms with Gasteiger partial charge in [0.15, 0.2) is 0 Å². The highest BCUT2D eigenvalue weighted by Gasteiger charge is 2.23. The number of fused-ring (bicyclic) bond motifs is 1. The maximum Gasteiger partial charge on any atom is 0.335 e. The van der Waals surface area contributed by atoms with Crippen molar-refractivity contribution in [1.29, 1.82) is 0 Å². The van der Waals surface area contributed by atoms with Gasteiger partial charge >= 0.3 is 5.97 Å². The minimum atomic E-state index is -0.956. The average Bonchev–Trinajstić information content (AvgIpc) is 2.90. The van der Waals surface area contributed by atoms with Crippen molar-refractivity contribution in [2.45, 2.75) is 6.54 Å². The van der Waals surface area contributed by atoms with Gasteiger partial charge in [0.05, 0.1) is 11.1 Å². The number of hydrogen-bond donors (Lipinski definition) is 2. The molecule has 1 aliphatic rings. The summed E-state index contributed by atoms with van der Waals surface area (Å²) < 4.78 is 0. The lowest BCUT2D eigenvalue weighted by atomic mass is 10.0. The Morgan fingerprint density at radius 3 is 2.55 bits per heavy atom. The van der Waals surface area contributed by atoms with E-state index in [4.69, 9.17) is 16.7 Å². The molecule has 1 aliphatic heterocycles. The van der Waals surface area contributed by atoms with E-state index in [2.05, 4.69) is 5.32 Å². The van der Waals surface area contributed by atoms with Crippen LogP contribution in [0.5, 0.6) is 0 Å². The van der Waals surface area contributed by atoms with Gasteiger partial charge in [-0.1, -0.05) is 42.0 Å². The van der Waals surface area contributed by atoms with Crippen LogP contribution >= 0.6 is 11.6 Å². The van der Waals surface area contributed by atoms with Crippen LogP contribution in [-0.2, 0) is 6.54 Å². The van der Waals surface area contributed by atoms with Gasteiger partial charge in [0.1, 0.15) is 0 Å². The molecular formula is C17H12ClNO3. The second-order valence-electron chi connectivity index (χ2n) is 4.93. The summed E-state index contributed by atoms with van der Waals surface area (Å²) >= 11 is 6.10. The number of hydrogen-bond acceptors (Lipinski definition) is 2. The van der Waals surface area contributed by atoms with E-state index in [0.29, 0.717) is 17.1 Å². The SMILES string of the molecule is O=C(O)c1ccc(C=Cc2ccc(Cl)c3c2C(=O)NC3)cc1. The molecule has 4 nitrogen and oxygen atoms in total. The van der Waals surface area contributed by atoms with Crippen LogP contribution in [0.25, 0.3) is 12.2 Å². The molecule has 22 heavy (non-hydrogen) atoms. The largest absolute Gasteiger partial charge is 0.478 e. The Morgan fingerprint density at radius 2 is 1.86 bits per heavy atom. The number of carboxylic acid groups (broad SMARTS) is 1. The summed E-state index contributed by atoms with van der Waals surface area (Å²) in [4.78, 5) is 22.7. The summed E-state index contributed by atoms with van der Waals surface area (Å²) in [5, 5.41) is 12.2. The molecule has 0 bridgehead atoms. The summed E-state index contributed by atoms with van der Waals surface area (Å²) in [5.41, 5.74) is 3.30. The number of rotatable bonds is 3. The molecule has 0 saturated carbocycles. The number of amides is 1. The highest BCUT2D eigenvalue weighted by Crippen LogP contribution is 2.28. The fourth-order valence-corrected chi connectivity index (χ4v) is 2.62. The van der Waals surface area contributed by atoms with Crippen LogP contribution in [0.1, 0.15) is 37.4 Å². The minimum Gasteiger partial charge on any atom is -0.478 e. The molecule has 0 spiro atoms. The van der Waals surface area contributed by atoms with Crippen molar-refractivity contribution < 1.29 is 14.7 Å². The first-order valence-electron chi connectivity index (χ1n) is 6.67. The number of nitrogens with one attached hydrogen (secondary N) is 1. The van der Waals surface area contributed by atoms with Crippen LogP contribution < -0.4 is 5.32 Å². The molecule has 0 fully saturated rings. The Balaban J connectivity index is 1.92. The van der Waals surface area contributed by atoms with Crippen molar-refractivity contribution in [3.05, 3.63) is 69.2 Å².